The van der Waals surface area contributed by atoms with E-state index < -0.39 is 0 Å². The highest BCUT2D eigenvalue weighted by Gasteiger charge is 2.02. The summed E-state index contributed by atoms with van der Waals surface area (Å²) in [5.74, 6) is 0. The van der Waals surface area contributed by atoms with Crippen LogP contribution >= 0.6 is 0 Å². The fourth-order valence-corrected chi connectivity index (χ4v) is 1.95. The van der Waals surface area contributed by atoms with Crippen LogP contribution in [0.4, 0.5) is 0 Å². The van der Waals surface area contributed by atoms with Gasteiger partial charge < -0.3 is 15.0 Å². The second-order valence-electron chi connectivity index (χ2n) is 5.26. The number of rotatable bonds is 15. The molecule has 0 saturated carbocycles. The molecule has 0 fully saturated rings. The first-order valence-electron chi connectivity index (χ1n) is 8.35. The summed E-state index contributed by atoms with van der Waals surface area (Å²) in [6, 6.07) is 0. The summed E-state index contributed by atoms with van der Waals surface area (Å²) in [6.45, 7) is 14.3. The molecule has 0 saturated heterocycles. The average molecular weight is 272 g/mol. The maximum Gasteiger partial charge on any atom is 0.0590 e. The van der Waals surface area contributed by atoms with Crippen molar-refractivity contribution >= 4 is 0 Å². The number of hydrogen-bond donors (Lipinski definition) is 1. The second-order valence-corrected chi connectivity index (χ2v) is 5.26. The van der Waals surface area contributed by atoms with Crippen LogP contribution in [0, 0.1) is 0 Å². The van der Waals surface area contributed by atoms with Crippen LogP contribution in [0.1, 0.15) is 59.3 Å². The van der Waals surface area contributed by atoms with Crippen LogP contribution in [0.5, 0.6) is 0 Å². The highest BCUT2D eigenvalue weighted by atomic mass is 16.5. The molecular weight excluding hydrogens is 236 g/mol. The van der Waals surface area contributed by atoms with E-state index >= 15 is 0 Å². The minimum absolute atomic E-state index is 0.851. The normalized spacial score (nSPS) is 11.4. The third-order valence-electron chi connectivity index (χ3n) is 3.33. The molecule has 0 atom stereocenters. The first-order chi connectivity index (χ1) is 9.35. The summed E-state index contributed by atoms with van der Waals surface area (Å²) in [5, 5.41) is 3.48. The summed E-state index contributed by atoms with van der Waals surface area (Å²) < 4.78 is 5.53. The van der Waals surface area contributed by atoms with Crippen molar-refractivity contribution in [3.63, 3.8) is 0 Å². The third kappa shape index (κ3) is 14.1. The molecule has 1 N–H and O–H groups in total. The zero-order valence-electron chi connectivity index (χ0n) is 13.5. The number of nitrogens with zero attached hydrogens (tertiary/aromatic N) is 1. The van der Waals surface area contributed by atoms with E-state index in [0.717, 1.165) is 26.3 Å². The van der Waals surface area contributed by atoms with Crippen molar-refractivity contribution in [2.45, 2.75) is 59.3 Å². The lowest BCUT2D eigenvalue weighted by Gasteiger charge is -2.22. The van der Waals surface area contributed by atoms with Crippen molar-refractivity contribution in [3.8, 4) is 0 Å². The van der Waals surface area contributed by atoms with Crippen molar-refractivity contribution in [3.05, 3.63) is 0 Å². The van der Waals surface area contributed by atoms with E-state index in [0.29, 0.717) is 0 Å². The van der Waals surface area contributed by atoms with E-state index in [4.69, 9.17) is 4.74 Å². The van der Waals surface area contributed by atoms with Gasteiger partial charge in [-0.25, -0.2) is 0 Å². The zero-order valence-corrected chi connectivity index (χ0v) is 13.5. The van der Waals surface area contributed by atoms with Gasteiger partial charge in [-0.2, -0.15) is 0 Å². The van der Waals surface area contributed by atoms with Crippen LogP contribution in [-0.4, -0.2) is 50.8 Å². The SMILES string of the molecule is CCCCOCCNCCN(CCCC)CCCC. The molecule has 0 aromatic carbocycles. The molecule has 0 amide bonds. The van der Waals surface area contributed by atoms with Gasteiger partial charge in [0.15, 0.2) is 0 Å². The summed E-state index contributed by atoms with van der Waals surface area (Å²) in [6.07, 6.45) is 7.63. The molecule has 0 aromatic heterocycles. The molecule has 0 spiro atoms. The molecule has 0 heterocycles. The molecule has 0 aliphatic heterocycles. The van der Waals surface area contributed by atoms with Crippen LogP contribution < -0.4 is 5.32 Å². The highest BCUT2D eigenvalue weighted by molar-refractivity contribution is 4.60. The van der Waals surface area contributed by atoms with Crippen molar-refractivity contribution < 1.29 is 4.74 Å². The molecule has 0 aliphatic rings. The van der Waals surface area contributed by atoms with Gasteiger partial charge in [0.2, 0.25) is 0 Å². The van der Waals surface area contributed by atoms with E-state index in [2.05, 4.69) is 31.0 Å². The Morgan fingerprint density at radius 2 is 1.37 bits per heavy atom. The van der Waals surface area contributed by atoms with E-state index in [1.165, 1.54) is 58.2 Å². The van der Waals surface area contributed by atoms with Gasteiger partial charge in [0.05, 0.1) is 6.61 Å². The van der Waals surface area contributed by atoms with Crippen LogP contribution in [-0.2, 0) is 4.74 Å². The molecular formula is C16H36N2O. The summed E-state index contributed by atoms with van der Waals surface area (Å²) in [7, 11) is 0. The fraction of sp³-hybridized carbons (Fsp3) is 1.00. The van der Waals surface area contributed by atoms with E-state index in [9.17, 15) is 0 Å². The Morgan fingerprint density at radius 3 is 1.95 bits per heavy atom. The first kappa shape index (κ1) is 18.9. The van der Waals surface area contributed by atoms with Gasteiger partial charge in [0.1, 0.15) is 0 Å². The van der Waals surface area contributed by atoms with Gasteiger partial charge in [-0.1, -0.05) is 40.0 Å². The van der Waals surface area contributed by atoms with Gasteiger partial charge in [-0.05, 0) is 32.4 Å². The third-order valence-corrected chi connectivity index (χ3v) is 3.33. The van der Waals surface area contributed by atoms with E-state index in [1.54, 1.807) is 0 Å². The van der Waals surface area contributed by atoms with Crippen LogP contribution in [0.25, 0.3) is 0 Å². The minimum Gasteiger partial charge on any atom is -0.380 e. The molecule has 3 heteroatoms. The molecule has 0 unspecified atom stereocenters. The largest absolute Gasteiger partial charge is 0.380 e. The first-order valence-corrected chi connectivity index (χ1v) is 8.35. The van der Waals surface area contributed by atoms with Gasteiger partial charge in [0.25, 0.3) is 0 Å². The topological polar surface area (TPSA) is 24.5 Å². The Labute approximate surface area is 121 Å². The number of unbranched alkanes of at least 4 members (excludes halogenated alkanes) is 3. The average Bonchev–Trinajstić information content (AvgIpc) is 2.43. The lowest BCUT2D eigenvalue weighted by Crippen LogP contribution is -2.34. The maximum absolute atomic E-state index is 5.53. The van der Waals surface area contributed by atoms with E-state index in [1.807, 2.05) is 0 Å². The molecule has 0 aliphatic carbocycles. The van der Waals surface area contributed by atoms with Gasteiger partial charge >= 0.3 is 0 Å². The predicted molar refractivity (Wildman–Crippen MR) is 84.9 cm³/mol. The van der Waals surface area contributed by atoms with E-state index in [-0.39, 0.29) is 0 Å². The molecule has 0 aromatic rings. The standard InChI is InChI=1S/C16H36N2O/c1-4-7-12-18(13-8-5-2)14-10-17-11-16-19-15-9-6-3/h17H,4-16H2,1-3H3. The molecule has 0 bridgehead atoms. The van der Waals surface area contributed by atoms with Crippen LogP contribution in [0.15, 0.2) is 0 Å². The van der Waals surface area contributed by atoms with Gasteiger partial charge in [0, 0.05) is 26.2 Å². The molecule has 0 radical (unpaired) electrons. The Morgan fingerprint density at radius 1 is 0.737 bits per heavy atom. The number of ether oxygens (including phenoxy) is 1. The Bertz CT molecular complexity index is 157. The van der Waals surface area contributed by atoms with Gasteiger partial charge in [-0.15, -0.1) is 0 Å². The molecule has 116 valence electrons. The molecule has 3 nitrogen and oxygen atoms in total. The fourth-order valence-electron chi connectivity index (χ4n) is 1.95. The van der Waals surface area contributed by atoms with Crippen LogP contribution in [0.2, 0.25) is 0 Å². The van der Waals surface area contributed by atoms with Crippen molar-refractivity contribution in [1.29, 1.82) is 0 Å². The molecule has 19 heavy (non-hydrogen) atoms. The lowest BCUT2D eigenvalue weighted by molar-refractivity contribution is 0.132. The quantitative estimate of drug-likeness (QED) is 0.463. The number of nitrogens with one attached hydrogen (secondary N) is 1. The predicted octanol–water partition coefficient (Wildman–Crippen LogP) is 3.29. The minimum atomic E-state index is 0.851. The summed E-state index contributed by atoms with van der Waals surface area (Å²) >= 11 is 0. The second kappa shape index (κ2) is 15.9. The van der Waals surface area contributed by atoms with Crippen LogP contribution in [0.3, 0.4) is 0 Å². The smallest absolute Gasteiger partial charge is 0.0590 e. The van der Waals surface area contributed by atoms with Crippen molar-refractivity contribution in [2.24, 2.45) is 0 Å². The Balaban J connectivity index is 3.40. The highest BCUT2D eigenvalue weighted by Crippen LogP contribution is 1.98. The Hall–Kier alpha value is -0.120. The maximum atomic E-state index is 5.53. The summed E-state index contributed by atoms with van der Waals surface area (Å²) in [4.78, 5) is 2.60. The Kier molecular flexibility index (Phi) is 15.8. The summed E-state index contributed by atoms with van der Waals surface area (Å²) in [5.41, 5.74) is 0. The van der Waals surface area contributed by atoms with Crippen molar-refractivity contribution in [2.75, 3.05) is 45.9 Å². The number of hydrogen-bond acceptors (Lipinski definition) is 3. The van der Waals surface area contributed by atoms with Gasteiger partial charge in [-0.3, -0.25) is 0 Å². The molecule has 0 rings (SSSR count). The monoisotopic (exact) mass is 272 g/mol. The van der Waals surface area contributed by atoms with Crippen molar-refractivity contribution in [1.82, 2.24) is 10.2 Å². The lowest BCUT2D eigenvalue weighted by atomic mass is 10.2. The zero-order chi connectivity index (χ0) is 14.2.